The van der Waals surface area contributed by atoms with E-state index < -0.39 is 6.10 Å². The van der Waals surface area contributed by atoms with Gasteiger partial charge in [0.05, 0.1) is 35.5 Å². The zero-order valence-electron chi connectivity index (χ0n) is 12.1. The molecule has 2 atom stereocenters. The molecule has 0 radical (unpaired) electrons. The minimum atomic E-state index is -0.475. The Morgan fingerprint density at radius 2 is 2.24 bits per heavy atom. The van der Waals surface area contributed by atoms with Gasteiger partial charge in [-0.15, -0.1) is 0 Å². The first-order chi connectivity index (χ1) is 10.1. The predicted octanol–water partition coefficient (Wildman–Crippen LogP) is 2.76. The van der Waals surface area contributed by atoms with Crippen molar-refractivity contribution < 1.29 is 14.6 Å². The number of halogens is 2. The molecule has 0 aromatic heterocycles. The molecule has 2 rings (SSSR count). The van der Waals surface area contributed by atoms with Crippen molar-refractivity contribution in [1.82, 2.24) is 4.90 Å². The number of morpholine rings is 1. The van der Waals surface area contributed by atoms with E-state index in [0.29, 0.717) is 36.4 Å². The van der Waals surface area contributed by atoms with Crippen LogP contribution in [0.2, 0.25) is 10.0 Å². The number of hydrogen-bond acceptors (Lipinski definition) is 4. The van der Waals surface area contributed by atoms with Crippen LogP contribution in [0.4, 0.5) is 0 Å². The minimum Gasteiger partial charge on any atom is -0.389 e. The smallest absolute Gasteiger partial charge is 0.0952 e. The van der Waals surface area contributed by atoms with Crippen LogP contribution < -0.4 is 0 Å². The molecular weight excluding hydrogens is 313 g/mol. The van der Waals surface area contributed by atoms with Gasteiger partial charge in [-0.1, -0.05) is 29.3 Å². The van der Waals surface area contributed by atoms with E-state index in [-0.39, 0.29) is 6.10 Å². The molecule has 0 bridgehead atoms. The second-order valence-corrected chi connectivity index (χ2v) is 5.92. The molecule has 1 aromatic rings. The Bertz CT molecular complexity index is 459. The number of benzene rings is 1. The highest BCUT2D eigenvalue weighted by atomic mass is 35.5. The van der Waals surface area contributed by atoms with Crippen molar-refractivity contribution in [2.45, 2.75) is 19.1 Å². The molecule has 0 unspecified atom stereocenters. The summed E-state index contributed by atoms with van der Waals surface area (Å²) in [6.45, 7) is 5.65. The Morgan fingerprint density at radius 3 is 2.95 bits per heavy atom. The van der Waals surface area contributed by atoms with Crippen LogP contribution in [0.25, 0.3) is 0 Å². The summed E-state index contributed by atoms with van der Waals surface area (Å²) in [6, 6.07) is 5.55. The lowest BCUT2D eigenvalue weighted by Crippen LogP contribution is -2.43. The van der Waals surface area contributed by atoms with Gasteiger partial charge in [-0.3, -0.25) is 4.90 Å². The van der Waals surface area contributed by atoms with Crippen LogP contribution in [-0.4, -0.2) is 55.6 Å². The van der Waals surface area contributed by atoms with Gasteiger partial charge in [-0.05, 0) is 24.6 Å². The van der Waals surface area contributed by atoms with Gasteiger partial charge >= 0.3 is 0 Å². The average Bonchev–Trinajstić information content (AvgIpc) is 2.48. The fourth-order valence-electron chi connectivity index (χ4n) is 2.39. The summed E-state index contributed by atoms with van der Waals surface area (Å²) >= 11 is 12.0. The second-order valence-electron chi connectivity index (χ2n) is 5.11. The highest BCUT2D eigenvalue weighted by Crippen LogP contribution is 2.29. The van der Waals surface area contributed by atoms with Gasteiger partial charge in [0.1, 0.15) is 0 Å². The molecule has 1 heterocycles. The summed E-state index contributed by atoms with van der Waals surface area (Å²) in [4.78, 5) is 2.18. The van der Waals surface area contributed by atoms with Gasteiger partial charge in [0.15, 0.2) is 0 Å². The highest BCUT2D eigenvalue weighted by molar-refractivity contribution is 6.42. The Hall–Kier alpha value is -0.360. The van der Waals surface area contributed by atoms with Gasteiger partial charge in [0.2, 0.25) is 0 Å². The van der Waals surface area contributed by atoms with Gasteiger partial charge in [0.25, 0.3) is 0 Å². The van der Waals surface area contributed by atoms with E-state index >= 15 is 0 Å². The Balaban J connectivity index is 1.92. The van der Waals surface area contributed by atoms with Gasteiger partial charge in [0, 0.05) is 26.2 Å². The Morgan fingerprint density at radius 1 is 1.43 bits per heavy atom. The first kappa shape index (κ1) is 17.0. The van der Waals surface area contributed by atoms with Gasteiger partial charge < -0.3 is 14.6 Å². The third-order valence-electron chi connectivity index (χ3n) is 3.45. The molecular formula is C15H21Cl2NO3. The average molecular weight is 334 g/mol. The van der Waals surface area contributed by atoms with E-state index in [1.54, 1.807) is 6.07 Å². The molecule has 21 heavy (non-hydrogen) atoms. The van der Waals surface area contributed by atoms with E-state index in [9.17, 15) is 5.11 Å². The zero-order valence-corrected chi connectivity index (χ0v) is 13.6. The number of hydrogen-bond donors (Lipinski definition) is 1. The Kier molecular flexibility index (Phi) is 6.74. The van der Waals surface area contributed by atoms with Crippen LogP contribution in [0, 0.1) is 0 Å². The lowest BCUT2D eigenvalue weighted by Gasteiger charge is -2.34. The van der Waals surface area contributed by atoms with Crippen molar-refractivity contribution in [3.05, 3.63) is 33.8 Å². The maximum Gasteiger partial charge on any atom is 0.0952 e. The number of aliphatic hydroxyl groups is 1. The largest absolute Gasteiger partial charge is 0.389 e. The maximum absolute atomic E-state index is 9.92. The zero-order chi connectivity index (χ0) is 15.2. The van der Waals surface area contributed by atoms with Crippen molar-refractivity contribution in [1.29, 1.82) is 0 Å². The van der Waals surface area contributed by atoms with Crippen LogP contribution in [0.3, 0.4) is 0 Å². The quantitative estimate of drug-likeness (QED) is 0.869. The van der Waals surface area contributed by atoms with Crippen LogP contribution in [-0.2, 0) is 9.47 Å². The third kappa shape index (κ3) is 5.09. The van der Waals surface area contributed by atoms with Crippen LogP contribution in [0.15, 0.2) is 18.2 Å². The maximum atomic E-state index is 9.92. The first-order valence-electron chi connectivity index (χ1n) is 7.15. The van der Waals surface area contributed by atoms with Crippen molar-refractivity contribution in [3.63, 3.8) is 0 Å². The van der Waals surface area contributed by atoms with Crippen LogP contribution in [0.5, 0.6) is 0 Å². The molecule has 118 valence electrons. The Labute approximate surface area is 135 Å². The summed E-state index contributed by atoms with van der Waals surface area (Å²) in [5.41, 5.74) is 1.01. The normalized spacial score (nSPS) is 21.4. The number of nitrogens with zero attached hydrogens (tertiary/aromatic N) is 1. The van der Waals surface area contributed by atoms with Gasteiger partial charge in [-0.2, -0.15) is 0 Å². The molecule has 1 aliphatic rings. The fourth-order valence-corrected chi connectivity index (χ4v) is 2.69. The highest BCUT2D eigenvalue weighted by Gasteiger charge is 2.24. The third-order valence-corrected chi connectivity index (χ3v) is 4.19. The molecule has 1 fully saturated rings. The molecule has 6 heteroatoms. The first-order valence-corrected chi connectivity index (χ1v) is 7.90. The van der Waals surface area contributed by atoms with E-state index in [4.69, 9.17) is 32.7 Å². The predicted molar refractivity (Wildman–Crippen MR) is 84.1 cm³/mol. The SMILES string of the molecule is CCOC[C@@H](O)CN1CCO[C@@H](c2ccc(Cl)c(Cl)c2)C1. The molecule has 0 spiro atoms. The van der Waals surface area contributed by atoms with Crippen molar-refractivity contribution in [3.8, 4) is 0 Å². The monoisotopic (exact) mass is 333 g/mol. The topological polar surface area (TPSA) is 41.9 Å². The molecule has 1 aliphatic heterocycles. The molecule has 1 saturated heterocycles. The number of β-amino-alcohol motifs (C(OH)–C–C–N with tert-alkyl or cyclic N) is 1. The molecule has 4 nitrogen and oxygen atoms in total. The van der Waals surface area contributed by atoms with Crippen molar-refractivity contribution >= 4 is 23.2 Å². The second kappa shape index (κ2) is 8.32. The molecule has 1 N–H and O–H groups in total. The van der Waals surface area contributed by atoms with Crippen LogP contribution >= 0.6 is 23.2 Å². The summed E-state index contributed by atoms with van der Waals surface area (Å²) < 4.78 is 11.0. The summed E-state index contributed by atoms with van der Waals surface area (Å²) in [5, 5.41) is 11.0. The lowest BCUT2D eigenvalue weighted by molar-refractivity contribution is -0.0517. The fraction of sp³-hybridized carbons (Fsp3) is 0.600. The lowest BCUT2D eigenvalue weighted by atomic mass is 10.1. The van der Waals surface area contributed by atoms with E-state index in [2.05, 4.69) is 4.90 Å². The minimum absolute atomic E-state index is 0.0483. The standard InChI is InChI=1S/C15H21Cl2NO3/c1-2-20-10-12(19)8-18-5-6-21-15(9-18)11-3-4-13(16)14(17)7-11/h3-4,7,12,15,19H,2,5-6,8-10H2,1H3/t12-,15+/m0/s1. The van der Waals surface area contributed by atoms with E-state index in [1.807, 2.05) is 19.1 Å². The number of rotatable bonds is 6. The van der Waals surface area contributed by atoms with Gasteiger partial charge in [-0.25, -0.2) is 0 Å². The number of ether oxygens (including phenoxy) is 2. The molecule has 0 amide bonds. The van der Waals surface area contributed by atoms with E-state index in [1.165, 1.54) is 0 Å². The summed E-state index contributed by atoms with van der Waals surface area (Å²) in [7, 11) is 0. The number of aliphatic hydroxyl groups excluding tert-OH is 1. The summed E-state index contributed by atoms with van der Waals surface area (Å²) in [6.07, 6.45) is -0.523. The molecule has 0 saturated carbocycles. The molecule has 0 aliphatic carbocycles. The van der Waals surface area contributed by atoms with E-state index in [0.717, 1.165) is 18.7 Å². The van der Waals surface area contributed by atoms with Crippen LogP contribution in [0.1, 0.15) is 18.6 Å². The summed E-state index contributed by atoms with van der Waals surface area (Å²) in [5.74, 6) is 0. The molecule has 1 aromatic carbocycles. The van der Waals surface area contributed by atoms with Crippen molar-refractivity contribution in [2.75, 3.05) is 39.5 Å². The van der Waals surface area contributed by atoms with Crippen molar-refractivity contribution in [2.24, 2.45) is 0 Å².